The molecule has 13 heteroatoms. The first-order valence-corrected chi connectivity index (χ1v) is 11.7. The number of ketones is 1. The van der Waals surface area contributed by atoms with Gasteiger partial charge in [-0.2, -0.15) is 18.3 Å². The van der Waals surface area contributed by atoms with E-state index in [-0.39, 0.29) is 36.5 Å². The lowest BCUT2D eigenvalue weighted by Crippen LogP contribution is -2.35. The van der Waals surface area contributed by atoms with Crippen LogP contribution in [0, 0.1) is 11.2 Å². The summed E-state index contributed by atoms with van der Waals surface area (Å²) < 4.78 is 62.9. The molecule has 4 rings (SSSR count). The molecule has 1 aromatic heterocycles. The number of alkyl halides is 3. The van der Waals surface area contributed by atoms with E-state index in [2.05, 4.69) is 10.4 Å². The second kappa shape index (κ2) is 9.43. The highest BCUT2D eigenvalue weighted by molar-refractivity contribution is 6.01. The topological polar surface area (TPSA) is 142 Å². The summed E-state index contributed by atoms with van der Waals surface area (Å²) in [6, 6.07) is 1.58. The van der Waals surface area contributed by atoms with Crippen LogP contribution >= 0.6 is 0 Å². The van der Waals surface area contributed by atoms with Crippen LogP contribution < -0.4 is 16.8 Å². The zero-order valence-corrected chi connectivity index (χ0v) is 20.2. The SMILES string of the molecule is CC1(C)CC(=O)c2c(C(F)(F)F)nn(-c3cc(F)c(C(N)=O)c(NC4CCCC4OC(=O)CN)c3)c2C1. The van der Waals surface area contributed by atoms with Gasteiger partial charge in [0.05, 0.1) is 40.8 Å². The van der Waals surface area contributed by atoms with Crippen LogP contribution in [0.25, 0.3) is 5.69 Å². The first-order valence-electron chi connectivity index (χ1n) is 11.7. The molecule has 9 nitrogen and oxygen atoms in total. The summed E-state index contributed by atoms with van der Waals surface area (Å²) >= 11 is 0. The number of nitrogens with zero attached hydrogens (tertiary/aromatic N) is 2. The number of Topliss-reactive ketones (excluding diaryl/α,β-unsaturated/α-hetero) is 1. The van der Waals surface area contributed by atoms with E-state index in [1.807, 2.05) is 0 Å². The largest absolute Gasteiger partial charge is 0.459 e. The number of carbonyl (C=O) groups excluding carboxylic acids is 3. The Morgan fingerprint density at radius 1 is 1.24 bits per heavy atom. The molecule has 2 unspecified atom stereocenters. The number of amides is 1. The average molecular weight is 526 g/mol. The van der Waals surface area contributed by atoms with Gasteiger partial charge in [-0.3, -0.25) is 14.4 Å². The third kappa shape index (κ3) is 5.17. The van der Waals surface area contributed by atoms with Gasteiger partial charge < -0.3 is 21.5 Å². The second-order valence-electron chi connectivity index (χ2n) is 10.1. The van der Waals surface area contributed by atoms with Crippen LogP contribution in [0.1, 0.15) is 71.6 Å². The highest BCUT2D eigenvalue weighted by Gasteiger charge is 2.45. The fourth-order valence-corrected chi connectivity index (χ4v) is 5.09. The molecule has 1 saturated carbocycles. The molecule has 5 N–H and O–H groups in total. The maximum atomic E-state index is 15.2. The molecule has 1 aromatic carbocycles. The van der Waals surface area contributed by atoms with E-state index in [0.717, 1.165) is 10.7 Å². The standard InChI is InChI=1S/C24H27F4N5O4/c1-23(2)8-15-20(16(34)9-23)21(24(26,27)28)32-33(15)11-6-12(25)19(22(30)36)14(7-11)31-13-4-3-5-17(13)37-18(35)10-29/h6-7,13,17,31H,3-5,8-10,29H2,1-2H3,(H2,30,36). The van der Waals surface area contributed by atoms with Crippen LogP contribution in [0.4, 0.5) is 23.2 Å². The molecule has 200 valence electrons. The number of fused-ring (bicyclic) bond motifs is 1. The number of rotatable bonds is 6. The van der Waals surface area contributed by atoms with Crippen molar-refractivity contribution in [1.82, 2.24) is 9.78 Å². The van der Waals surface area contributed by atoms with Gasteiger partial charge in [-0.15, -0.1) is 0 Å². The number of nitrogens with one attached hydrogen (secondary N) is 1. The van der Waals surface area contributed by atoms with Crippen molar-refractivity contribution in [1.29, 1.82) is 0 Å². The molecular weight excluding hydrogens is 498 g/mol. The van der Waals surface area contributed by atoms with E-state index in [9.17, 15) is 27.6 Å². The van der Waals surface area contributed by atoms with Gasteiger partial charge >= 0.3 is 12.1 Å². The lowest BCUT2D eigenvalue weighted by Gasteiger charge is -2.29. The van der Waals surface area contributed by atoms with Crippen LogP contribution in [0.15, 0.2) is 12.1 Å². The second-order valence-corrected chi connectivity index (χ2v) is 10.1. The predicted octanol–water partition coefficient (Wildman–Crippen LogP) is 3.12. The van der Waals surface area contributed by atoms with Crippen molar-refractivity contribution >= 4 is 23.3 Å². The number of nitrogens with two attached hydrogens (primary N) is 2. The van der Waals surface area contributed by atoms with Crippen LogP contribution in [-0.2, 0) is 22.1 Å². The fourth-order valence-electron chi connectivity index (χ4n) is 5.09. The summed E-state index contributed by atoms with van der Waals surface area (Å²) in [5.41, 5.74) is 7.46. The molecule has 0 saturated heterocycles. The average Bonchev–Trinajstić information content (AvgIpc) is 3.36. The van der Waals surface area contributed by atoms with Crippen molar-refractivity contribution in [2.24, 2.45) is 16.9 Å². The van der Waals surface area contributed by atoms with E-state index in [4.69, 9.17) is 16.2 Å². The lowest BCUT2D eigenvalue weighted by molar-refractivity contribution is -0.147. The maximum Gasteiger partial charge on any atom is 0.435 e. The van der Waals surface area contributed by atoms with Gasteiger partial charge in [0, 0.05) is 12.5 Å². The molecule has 2 aliphatic rings. The van der Waals surface area contributed by atoms with Crippen molar-refractivity contribution in [3.8, 4) is 5.69 Å². The number of halogens is 4. The lowest BCUT2D eigenvalue weighted by atomic mass is 9.75. The minimum atomic E-state index is -4.91. The molecular formula is C24H27F4N5O4. The Labute approximate surface area is 209 Å². The van der Waals surface area contributed by atoms with E-state index < -0.39 is 64.0 Å². The molecule has 37 heavy (non-hydrogen) atoms. The minimum absolute atomic E-state index is 0.00127. The zero-order chi connectivity index (χ0) is 27.3. The molecule has 0 aliphatic heterocycles. The number of primary amides is 1. The summed E-state index contributed by atoms with van der Waals surface area (Å²) in [5, 5.41) is 6.65. The fraction of sp³-hybridized carbons (Fsp3) is 0.500. The van der Waals surface area contributed by atoms with Crippen molar-refractivity contribution in [2.45, 2.75) is 64.3 Å². The molecule has 2 aliphatic carbocycles. The van der Waals surface area contributed by atoms with Crippen LogP contribution in [0.2, 0.25) is 0 Å². The van der Waals surface area contributed by atoms with Gasteiger partial charge in [-0.05, 0) is 37.2 Å². The van der Waals surface area contributed by atoms with Gasteiger partial charge in [-0.1, -0.05) is 13.8 Å². The minimum Gasteiger partial charge on any atom is -0.459 e. The van der Waals surface area contributed by atoms with Gasteiger partial charge in [0.25, 0.3) is 5.91 Å². The highest BCUT2D eigenvalue weighted by atomic mass is 19.4. The molecule has 2 atom stereocenters. The van der Waals surface area contributed by atoms with E-state index in [1.165, 1.54) is 6.07 Å². The predicted molar refractivity (Wildman–Crippen MR) is 124 cm³/mol. The van der Waals surface area contributed by atoms with Crippen molar-refractivity contribution < 1.29 is 36.7 Å². The Bertz CT molecular complexity index is 1270. The number of carbonyl (C=O) groups is 3. The van der Waals surface area contributed by atoms with E-state index >= 15 is 4.39 Å². The Morgan fingerprint density at radius 3 is 2.57 bits per heavy atom. The number of aromatic nitrogens is 2. The highest BCUT2D eigenvalue weighted by Crippen LogP contribution is 2.42. The summed E-state index contributed by atoms with van der Waals surface area (Å²) in [4.78, 5) is 36.5. The number of anilines is 1. The Morgan fingerprint density at radius 2 is 1.95 bits per heavy atom. The number of ether oxygens (including phenoxy) is 1. The van der Waals surface area contributed by atoms with Crippen molar-refractivity contribution in [3.63, 3.8) is 0 Å². The Kier molecular flexibility index (Phi) is 6.78. The number of esters is 1. The van der Waals surface area contributed by atoms with Crippen molar-refractivity contribution in [3.05, 3.63) is 40.5 Å². The third-order valence-corrected chi connectivity index (χ3v) is 6.62. The molecule has 0 spiro atoms. The Hall–Kier alpha value is -3.48. The first kappa shape index (κ1) is 26.6. The quantitative estimate of drug-likeness (QED) is 0.389. The van der Waals surface area contributed by atoms with Gasteiger partial charge in [-0.25, -0.2) is 9.07 Å². The van der Waals surface area contributed by atoms with Gasteiger partial charge in [0.1, 0.15) is 11.9 Å². The molecule has 1 amide bonds. The zero-order valence-electron chi connectivity index (χ0n) is 20.2. The summed E-state index contributed by atoms with van der Waals surface area (Å²) in [7, 11) is 0. The molecule has 0 bridgehead atoms. The molecule has 0 radical (unpaired) electrons. The smallest absolute Gasteiger partial charge is 0.435 e. The third-order valence-electron chi connectivity index (χ3n) is 6.62. The number of hydrogen-bond donors (Lipinski definition) is 3. The summed E-state index contributed by atoms with van der Waals surface area (Å²) in [6.07, 6.45) is -3.88. The first-order chi connectivity index (χ1) is 17.2. The monoisotopic (exact) mass is 525 g/mol. The summed E-state index contributed by atoms with van der Waals surface area (Å²) in [5.74, 6) is -3.52. The van der Waals surface area contributed by atoms with Crippen molar-refractivity contribution in [2.75, 3.05) is 11.9 Å². The van der Waals surface area contributed by atoms with Crippen LogP contribution in [0.5, 0.6) is 0 Å². The van der Waals surface area contributed by atoms with Gasteiger partial charge in [0.2, 0.25) is 0 Å². The molecule has 2 aromatic rings. The Balaban J connectivity index is 1.83. The van der Waals surface area contributed by atoms with Gasteiger partial charge in [0.15, 0.2) is 11.5 Å². The number of benzene rings is 1. The normalized spacial score (nSPS) is 21.0. The van der Waals surface area contributed by atoms with Crippen LogP contribution in [-0.4, -0.2) is 46.1 Å². The van der Waals surface area contributed by atoms with E-state index in [1.54, 1.807) is 13.8 Å². The molecule has 1 fully saturated rings. The van der Waals surface area contributed by atoms with Crippen LogP contribution in [0.3, 0.4) is 0 Å². The maximum absolute atomic E-state index is 15.2. The van der Waals surface area contributed by atoms with E-state index in [0.29, 0.717) is 19.3 Å². The number of hydrogen-bond acceptors (Lipinski definition) is 7. The molecule has 1 heterocycles. The summed E-state index contributed by atoms with van der Waals surface area (Å²) in [6.45, 7) is 3.15.